The van der Waals surface area contributed by atoms with E-state index in [2.05, 4.69) is 15.5 Å². The van der Waals surface area contributed by atoms with E-state index in [1.165, 1.54) is 32.1 Å². The molecule has 0 amide bonds. The summed E-state index contributed by atoms with van der Waals surface area (Å²) in [7, 11) is 0. The standard InChI is InChI=1S/C13H22N4O2/c1-10(13(18)19)9-17-12(14-15-16-17)8-7-11-5-3-2-4-6-11/h10-11H,2-9H2,1H3,(H,18,19). The van der Waals surface area contributed by atoms with Gasteiger partial charge in [0.2, 0.25) is 0 Å². The smallest absolute Gasteiger partial charge is 0.308 e. The maximum absolute atomic E-state index is 10.9. The first-order chi connectivity index (χ1) is 9.16. The molecular weight excluding hydrogens is 244 g/mol. The summed E-state index contributed by atoms with van der Waals surface area (Å²) < 4.78 is 1.64. The fourth-order valence-electron chi connectivity index (χ4n) is 2.69. The van der Waals surface area contributed by atoms with Crippen molar-refractivity contribution >= 4 is 5.97 Å². The second kappa shape index (κ2) is 6.63. The number of carboxylic acid groups (broad SMARTS) is 1. The Hall–Kier alpha value is -1.46. The normalized spacial score (nSPS) is 18.4. The lowest BCUT2D eigenvalue weighted by molar-refractivity contribution is -0.141. The fraction of sp³-hybridized carbons (Fsp3) is 0.846. The van der Waals surface area contributed by atoms with Gasteiger partial charge in [0.15, 0.2) is 5.82 Å². The predicted octanol–water partition coefficient (Wildman–Crippen LogP) is 1.91. The van der Waals surface area contributed by atoms with E-state index in [1.54, 1.807) is 11.6 Å². The van der Waals surface area contributed by atoms with Crippen LogP contribution in [0, 0.1) is 11.8 Å². The van der Waals surface area contributed by atoms with Crippen LogP contribution in [0.3, 0.4) is 0 Å². The molecule has 1 aromatic rings. The third kappa shape index (κ3) is 4.01. The molecule has 1 aromatic heterocycles. The molecule has 0 aromatic carbocycles. The van der Waals surface area contributed by atoms with Crippen molar-refractivity contribution in [3.63, 3.8) is 0 Å². The van der Waals surface area contributed by atoms with E-state index < -0.39 is 11.9 Å². The van der Waals surface area contributed by atoms with Crippen LogP contribution in [-0.2, 0) is 17.8 Å². The number of carboxylic acids is 1. The van der Waals surface area contributed by atoms with Crippen molar-refractivity contribution in [2.45, 2.75) is 58.4 Å². The lowest BCUT2D eigenvalue weighted by Crippen LogP contribution is -2.19. The first kappa shape index (κ1) is 14.0. The van der Waals surface area contributed by atoms with Gasteiger partial charge < -0.3 is 5.11 Å². The summed E-state index contributed by atoms with van der Waals surface area (Å²) in [6.07, 6.45) is 8.63. The Morgan fingerprint density at radius 1 is 1.42 bits per heavy atom. The van der Waals surface area contributed by atoms with Crippen molar-refractivity contribution in [2.24, 2.45) is 11.8 Å². The largest absolute Gasteiger partial charge is 0.481 e. The maximum Gasteiger partial charge on any atom is 0.308 e. The van der Waals surface area contributed by atoms with Gasteiger partial charge in [0.05, 0.1) is 12.5 Å². The van der Waals surface area contributed by atoms with Crippen molar-refractivity contribution < 1.29 is 9.90 Å². The highest BCUT2D eigenvalue weighted by Gasteiger charge is 2.18. The maximum atomic E-state index is 10.9. The minimum absolute atomic E-state index is 0.350. The highest BCUT2D eigenvalue weighted by atomic mass is 16.4. The molecule has 0 spiro atoms. The summed E-state index contributed by atoms with van der Waals surface area (Å²) in [6, 6.07) is 0. The number of hydrogen-bond donors (Lipinski definition) is 1. The van der Waals surface area contributed by atoms with Gasteiger partial charge in [-0.25, -0.2) is 4.68 Å². The lowest BCUT2D eigenvalue weighted by Gasteiger charge is -2.21. The molecule has 1 saturated carbocycles. The van der Waals surface area contributed by atoms with Crippen molar-refractivity contribution in [1.29, 1.82) is 0 Å². The van der Waals surface area contributed by atoms with Gasteiger partial charge >= 0.3 is 5.97 Å². The van der Waals surface area contributed by atoms with Gasteiger partial charge in [-0.05, 0) is 22.8 Å². The Morgan fingerprint density at radius 3 is 2.84 bits per heavy atom. The number of hydrogen-bond acceptors (Lipinski definition) is 4. The van der Waals surface area contributed by atoms with E-state index in [0.717, 1.165) is 24.6 Å². The molecule has 6 heteroatoms. The van der Waals surface area contributed by atoms with Crippen LogP contribution in [0.15, 0.2) is 0 Å². The number of carbonyl (C=O) groups is 1. The second-order valence-electron chi connectivity index (χ2n) is 5.56. The van der Waals surface area contributed by atoms with Crippen molar-refractivity contribution in [3.8, 4) is 0 Å². The van der Waals surface area contributed by atoms with Crippen LogP contribution in [0.5, 0.6) is 0 Å². The van der Waals surface area contributed by atoms with Crippen LogP contribution >= 0.6 is 0 Å². The summed E-state index contributed by atoms with van der Waals surface area (Å²) in [6.45, 7) is 2.03. The van der Waals surface area contributed by atoms with Gasteiger partial charge in [-0.15, -0.1) is 5.10 Å². The van der Waals surface area contributed by atoms with Crippen LogP contribution < -0.4 is 0 Å². The number of nitrogens with zero attached hydrogens (tertiary/aromatic N) is 4. The Bertz CT molecular complexity index is 413. The van der Waals surface area contributed by atoms with Crippen LogP contribution in [-0.4, -0.2) is 31.3 Å². The molecular formula is C13H22N4O2. The van der Waals surface area contributed by atoms with Crippen molar-refractivity contribution in [3.05, 3.63) is 5.82 Å². The van der Waals surface area contributed by atoms with E-state index in [1.807, 2.05) is 0 Å². The van der Waals surface area contributed by atoms with Gasteiger partial charge in [0, 0.05) is 6.42 Å². The van der Waals surface area contributed by atoms with Gasteiger partial charge in [0.25, 0.3) is 0 Å². The zero-order valence-electron chi connectivity index (χ0n) is 11.5. The van der Waals surface area contributed by atoms with E-state index in [4.69, 9.17) is 5.11 Å². The Morgan fingerprint density at radius 2 is 2.16 bits per heavy atom. The van der Waals surface area contributed by atoms with Crippen molar-refractivity contribution in [2.75, 3.05) is 0 Å². The van der Waals surface area contributed by atoms with E-state index in [-0.39, 0.29) is 0 Å². The SMILES string of the molecule is CC(Cn1nnnc1CCC1CCCCC1)C(=O)O. The molecule has 106 valence electrons. The summed E-state index contributed by atoms with van der Waals surface area (Å²) in [5.74, 6) is 0.333. The third-order valence-corrected chi connectivity index (χ3v) is 3.98. The van der Waals surface area contributed by atoms with Crippen molar-refractivity contribution in [1.82, 2.24) is 20.2 Å². The van der Waals surface area contributed by atoms with E-state index >= 15 is 0 Å². The molecule has 1 atom stereocenters. The molecule has 1 unspecified atom stereocenters. The van der Waals surface area contributed by atoms with Crippen LogP contribution in [0.25, 0.3) is 0 Å². The molecule has 6 nitrogen and oxygen atoms in total. The number of aromatic nitrogens is 4. The van der Waals surface area contributed by atoms with Crippen LogP contribution in [0.2, 0.25) is 0 Å². The number of aliphatic carboxylic acids is 1. The van der Waals surface area contributed by atoms with Gasteiger partial charge in [-0.3, -0.25) is 4.79 Å². The molecule has 1 aliphatic carbocycles. The quantitative estimate of drug-likeness (QED) is 0.850. The Labute approximate surface area is 113 Å². The molecule has 1 aliphatic rings. The Kier molecular flexibility index (Phi) is 4.87. The highest BCUT2D eigenvalue weighted by molar-refractivity contribution is 5.69. The fourth-order valence-corrected chi connectivity index (χ4v) is 2.69. The molecule has 2 rings (SSSR count). The first-order valence-electron chi connectivity index (χ1n) is 7.14. The summed E-state index contributed by atoms with van der Waals surface area (Å²) in [5, 5.41) is 20.5. The molecule has 0 aliphatic heterocycles. The Balaban J connectivity index is 1.86. The number of rotatable bonds is 6. The first-order valence-corrected chi connectivity index (χ1v) is 7.14. The molecule has 0 bridgehead atoms. The molecule has 19 heavy (non-hydrogen) atoms. The topological polar surface area (TPSA) is 80.9 Å². The second-order valence-corrected chi connectivity index (χ2v) is 5.56. The number of aryl methyl sites for hydroxylation is 1. The molecule has 0 saturated heterocycles. The average Bonchev–Trinajstić information content (AvgIpc) is 2.85. The molecule has 1 heterocycles. The minimum Gasteiger partial charge on any atom is -0.481 e. The van der Waals surface area contributed by atoms with Crippen LogP contribution in [0.1, 0.15) is 51.3 Å². The average molecular weight is 266 g/mol. The third-order valence-electron chi connectivity index (χ3n) is 3.98. The van der Waals surface area contributed by atoms with Gasteiger partial charge in [0.1, 0.15) is 0 Å². The van der Waals surface area contributed by atoms with Gasteiger partial charge in [-0.1, -0.05) is 39.0 Å². The van der Waals surface area contributed by atoms with E-state index in [9.17, 15) is 4.79 Å². The van der Waals surface area contributed by atoms with E-state index in [0.29, 0.717) is 6.54 Å². The van der Waals surface area contributed by atoms with Gasteiger partial charge in [-0.2, -0.15) is 0 Å². The number of tetrazole rings is 1. The van der Waals surface area contributed by atoms with Crippen LogP contribution in [0.4, 0.5) is 0 Å². The summed E-state index contributed by atoms with van der Waals surface area (Å²) >= 11 is 0. The molecule has 1 fully saturated rings. The monoisotopic (exact) mass is 266 g/mol. The zero-order valence-corrected chi connectivity index (χ0v) is 11.5. The highest BCUT2D eigenvalue weighted by Crippen LogP contribution is 2.27. The summed E-state index contributed by atoms with van der Waals surface area (Å²) in [5.41, 5.74) is 0. The summed E-state index contributed by atoms with van der Waals surface area (Å²) in [4.78, 5) is 10.9. The molecule has 1 N–H and O–H groups in total. The zero-order chi connectivity index (χ0) is 13.7. The molecule has 0 radical (unpaired) electrons. The predicted molar refractivity (Wildman–Crippen MR) is 69.5 cm³/mol. The minimum atomic E-state index is -0.811. The lowest BCUT2D eigenvalue weighted by atomic mass is 9.86.